The zero-order valence-corrected chi connectivity index (χ0v) is 13.1. The quantitative estimate of drug-likeness (QED) is 0.699. The molecule has 1 heterocycles. The molecule has 1 fully saturated rings. The first kappa shape index (κ1) is 17.1. The molecule has 116 valence electrons. The highest BCUT2D eigenvalue weighted by Gasteiger charge is 2.42. The van der Waals surface area contributed by atoms with Crippen LogP contribution in [0.2, 0.25) is 0 Å². The number of carbonyl (C=O) groups is 2. The molecule has 0 aromatic carbocycles. The summed E-state index contributed by atoms with van der Waals surface area (Å²) in [7, 11) is 1.64. The largest absolute Gasteiger partial charge is 0.480 e. The van der Waals surface area contributed by atoms with Crippen LogP contribution in [0.15, 0.2) is 0 Å². The van der Waals surface area contributed by atoms with E-state index in [1.54, 1.807) is 7.11 Å². The fourth-order valence-corrected chi connectivity index (χ4v) is 3.62. The molecule has 2 amide bonds. The van der Waals surface area contributed by atoms with Gasteiger partial charge in [-0.3, -0.25) is 4.90 Å². The number of thioether (sulfide) groups is 1. The summed E-state index contributed by atoms with van der Waals surface area (Å²) < 4.78 is 4.94. The molecule has 0 aromatic heterocycles. The fourth-order valence-electron chi connectivity index (χ4n) is 2.15. The molecule has 2 unspecified atom stereocenters. The summed E-state index contributed by atoms with van der Waals surface area (Å²) in [5.74, 6) is -0.256. The molecule has 1 aliphatic rings. The van der Waals surface area contributed by atoms with E-state index in [2.05, 4.69) is 5.32 Å². The number of amides is 2. The number of hydrogen-bond acceptors (Lipinski definition) is 4. The highest BCUT2D eigenvalue weighted by atomic mass is 32.2. The van der Waals surface area contributed by atoms with Gasteiger partial charge in [-0.15, -0.1) is 11.8 Å². The Bertz CT molecular complexity index is 338. The van der Waals surface area contributed by atoms with Gasteiger partial charge in [-0.2, -0.15) is 0 Å². The topological polar surface area (TPSA) is 78.9 Å². The van der Waals surface area contributed by atoms with E-state index >= 15 is 0 Å². The number of rotatable bonds is 7. The Hall–Kier alpha value is -0.950. The lowest BCUT2D eigenvalue weighted by molar-refractivity contribution is -0.141. The number of carbonyl (C=O) groups excluding carboxylic acids is 1. The van der Waals surface area contributed by atoms with Gasteiger partial charge in [0.25, 0.3) is 0 Å². The molecule has 20 heavy (non-hydrogen) atoms. The Kier molecular flexibility index (Phi) is 7.15. The van der Waals surface area contributed by atoms with Crippen molar-refractivity contribution in [2.75, 3.05) is 26.0 Å². The Morgan fingerprint density at radius 2 is 2.15 bits per heavy atom. The van der Waals surface area contributed by atoms with Crippen LogP contribution in [0.25, 0.3) is 0 Å². The minimum Gasteiger partial charge on any atom is -0.480 e. The van der Waals surface area contributed by atoms with Gasteiger partial charge in [-0.05, 0) is 18.8 Å². The van der Waals surface area contributed by atoms with Crippen LogP contribution in [0.5, 0.6) is 0 Å². The number of nitrogens with zero attached hydrogens (tertiary/aromatic N) is 1. The predicted octanol–water partition coefficient (Wildman–Crippen LogP) is 1.61. The lowest BCUT2D eigenvalue weighted by Gasteiger charge is -2.29. The van der Waals surface area contributed by atoms with Gasteiger partial charge in [0.2, 0.25) is 0 Å². The van der Waals surface area contributed by atoms with E-state index in [9.17, 15) is 14.7 Å². The first-order chi connectivity index (χ1) is 9.49. The maximum Gasteiger partial charge on any atom is 0.327 e. The Morgan fingerprint density at radius 3 is 2.70 bits per heavy atom. The summed E-state index contributed by atoms with van der Waals surface area (Å²) in [5, 5.41) is 12.0. The summed E-state index contributed by atoms with van der Waals surface area (Å²) in [6.07, 6.45) is 1.70. The molecular weight excluding hydrogens is 280 g/mol. The van der Waals surface area contributed by atoms with Crippen LogP contribution in [0.4, 0.5) is 4.79 Å². The molecule has 1 aliphatic heterocycles. The van der Waals surface area contributed by atoms with E-state index in [4.69, 9.17) is 4.74 Å². The van der Waals surface area contributed by atoms with E-state index < -0.39 is 12.0 Å². The average Bonchev–Trinajstić information content (AvgIpc) is 2.83. The zero-order valence-electron chi connectivity index (χ0n) is 12.3. The van der Waals surface area contributed by atoms with E-state index in [0.29, 0.717) is 18.9 Å². The molecule has 0 aromatic rings. The Balaban J connectivity index is 2.53. The number of unbranched alkanes of at least 4 members (excludes halogenated alkanes) is 1. The van der Waals surface area contributed by atoms with Crippen molar-refractivity contribution >= 4 is 23.8 Å². The van der Waals surface area contributed by atoms with Gasteiger partial charge in [-0.25, -0.2) is 9.59 Å². The monoisotopic (exact) mass is 304 g/mol. The molecule has 2 N–H and O–H groups in total. The summed E-state index contributed by atoms with van der Waals surface area (Å²) in [4.78, 5) is 24.9. The Morgan fingerprint density at radius 1 is 1.45 bits per heavy atom. The van der Waals surface area contributed by atoms with Crippen LogP contribution in [0.1, 0.15) is 26.7 Å². The van der Waals surface area contributed by atoms with Crippen molar-refractivity contribution in [3.63, 3.8) is 0 Å². The first-order valence-electron chi connectivity index (χ1n) is 6.88. The van der Waals surface area contributed by atoms with Gasteiger partial charge >= 0.3 is 12.0 Å². The normalized spacial score (nSPS) is 22.3. The van der Waals surface area contributed by atoms with E-state index in [1.807, 2.05) is 13.8 Å². The second-order valence-electron chi connectivity index (χ2n) is 5.16. The van der Waals surface area contributed by atoms with Crippen molar-refractivity contribution in [1.82, 2.24) is 10.2 Å². The van der Waals surface area contributed by atoms with Crippen LogP contribution < -0.4 is 5.32 Å². The summed E-state index contributed by atoms with van der Waals surface area (Å²) in [6.45, 7) is 5.21. The standard InChI is InChI=1S/C13H24N2O4S/c1-9(2)11-15(10(8-20-11)12(16)17)13(18)14-6-4-5-7-19-3/h9-11H,4-8H2,1-3H3,(H,14,18)(H,16,17). The van der Waals surface area contributed by atoms with Crippen molar-refractivity contribution in [1.29, 1.82) is 0 Å². The molecule has 1 saturated heterocycles. The number of ether oxygens (including phenoxy) is 1. The number of nitrogens with one attached hydrogen (secondary N) is 1. The van der Waals surface area contributed by atoms with Crippen molar-refractivity contribution in [3.05, 3.63) is 0 Å². The molecule has 7 heteroatoms. The van der Waals surface area contributed by atoms with Crippen molar-refractivity contribution in [2.45, 2.75) is 38.1 Å². The summed E-state index contributed by atoms with van der Waals surface area (Å²) >= 11 is 1.53. The highest BCUT2D eigenvalue weighted by molar-refractivity contribution is 8.00. The molecule has 2 atom stereocenters. The third-order valence-corrected chi connectivity index (χ3v) is 4.80. The second kappa shape index (κ2) is 8.36. The van der Waals surface area contributed by atoms with Gasteiger partial charge in [0.05, 0.1) is 5.37 Å². The number of urea groups is 1. The lowest BCUT2D eigenvalue weighted by atomic mass is 10.1. The van der Waals surface area contributed by atoms with Crippen molar-refractivity contribution in [3.8, 4) is 0 Å². The number of methoxy groups -OCH3 is 1. The Labute approximate surface area is 124 Å². The molecule has 0 radical (unpaired) electrons. The zero-order chi connectivity index (χ0) is 15.1. The van der Waals surface area contributed by atoms with Crippen LogP contribution in [0.3, 0.4) is 0 Å². The molecule has 1 rings (SSSR count). The predicted molar refractivity (Wildman–Crippen MR) is 78.9 cm³/mol. The molecule has 0 saturated carbocycles. The third-order valence-electron chi connectivity index (χ3n) is 3.18. The second-order valence-corrected chi connectivity index (χ2v) is 6.31. The molecule has 0 aliphatic carbocycles. The molecule has 0 spiro atoms. The van der Waals surface area contributed by atoms with Crippen LogP contribution in [-0.2, 0) is 9.53 Å². The number of hydrogen-bond donors (Lipinski definition) is 2. The maximum atomic E-state index is 12.2. The minimum absolute atomic E-state index is 0.0740. The molecule has 6 nitrogen and oxygen atoms in total. The van der Waals surface area contributed by atoms with Crippen molar-refractivity contribution in [2.24, 2.45) is 5.92 Å². The smallest absolute Gasteiger partial charge is 0.327 e. The maximum absolute atomic E-state index is 12.2. The van der Waals surface area contributed by atoms with Gasteiger partial charge in [-0.1, -0.05) is 13.8 Å². The number of aliphatic carboxylic acids is 1. The summed E-state index contributed by atoms with van der Waals surface area (Å²) in [6, 6.07) is -1.01. The molecular formula is C13H24N2O4S. The van der Waals surface area contributed by atoms with E-state index in [1.165, 1.54) is 16.7 Å². The SMILES string of the molecule is COCCCCNC(=O)N1C(C(=O)O)CSC1C(C)C. The van der Waals surface area contributed by atoms with Gasteiger partial charge in [0.1, 0.15) is 6.04 Å². The highest BCUT2D eigenvalue weighted by Crippen LogP contribution is 2.33. The van der Waals surface area contributed by atoms with Gasteiger partial charge in [0, 0.05) is 26.0 Å². The molecule has 0 bridgehead atoms. The van der Waals surface area contributed by atoms with E-state index in [-0.39, 0.29) is 17.3 Å². The van der Waals surface area contributed by atoms with Gasteiger partial charge in [0.15, 0.2) is 0 Å². The van der Waals surface area contributed by atoms with Gasteiger partial charge < -0.3 is 15.2 Å². The minimum atomic E-state index is -0.935. The van der Waals surface area contributed by atoms with Crippen molar-refractivity contribution < 1.29 is 19.4 Å². The van der Waals surface area contributed by atoms with Crippen LogP contribution in [0, 0.1) is 5.92 Å². The number of carboxylic acids is 1. The average molecular weight is 304 g/mol. The third kappa shape index (κ3) is 4.56. The fraction of sp³-hybridized carbons (Fsp3) is 0.846. The van der Waals surface area contributed by atoms with E-state index in [0.717, 1.165) is 12.8 Å². The van der Waals surface area contributed by atoms with Crippen LogP contribution in [-0.4, -0.2) is 59.4 Å². The lowest BCUT2D eigenvalue weighted by Crippen LogP contribution is -2.51. The first-order valence-corrected chi connectivity index (χ1v) is 7.93. The summed E-state index contributed by atoms with van der Waals surface area (Å²) in [5.41, 5.74) is 0. The van der Waals surface area contributed by atoms with Crippen LogP contribution >= 0.6 is 11.8 Å². The number of carboxylic acid groups (broad SMARTS) is 1.